The Balaban J connectivity index is 2.06. The Hall–Kier alpha value is -1.00. The monoisotopic (exact) mass is 292 g/mol. The van der Waals surface area contributed by atoms with Gasteiger partial charge in [0.05, 0.1) is 11.4 Å². The van der Waals surface area contributed by atoms with Gasteiger partial charge in [-0.25, -0.2) is 4.98 Å². The molecule has 1 aromatic carbocycles. The smallest absolute Gasteiger partial charge is 0.103 e. The number of thioether (sulfide) groups is 1. The van der Waals surface area contributed by atoms with Gasteiger partial charge in [-0.1, -0.05) is 26.8 Å². The number of nitrogen functional groups attached to an aromatic ring is 1. The molecule has 4 heteroatoms. The second-order valence-electron chi connectivity index (χ2n) is 5.71. The minimum Gasteiger partial charge on any atom is -0.398 e. The van der Waals surface area contributed by atoms with Crippen LogP contribution in [0.5, 0.6) is 0 Å². The summed E-state index contributed by atoms with van der Waals surface area (Å²) in [6.45, 7) is 8.66. The van der Waals surface area contributed by atoms with Crippen molar-refractivity contribution in [3.8, 4) is 0 Å². The zero-order valence-corrected chi connectivity index (χ0v) is 13.5. The minimum atomic E-state index is 0.127. The minimum absolute atomic E-state index is 0.127. The second kappa shape index (κ2) is 5.55. The van der Waals surface area contributed by atoms with Crippen molar-refractivity contribution in [1.82, 2.24) is 4.98 Å². The van der Waals surface area contributed by atoms with Gasteiger partial charge >= 0.3 is 0 Å². The van der Waals surface area contributed by atoms with E-state index in [-0.39, 0.29) is 5.41 Å². The highest BCUT2D eigenvalue weighted by Crippen LogP contribution is 2.31. The Morgan fingerprint density at radius 1 is 1.32 bits per heavy atom. The van der Waals surface area contributed by atoms with Crippen LogP contribution in [0.25, 0.3) is 0 Å². The van der Waals surface area contributed by atoms with E-state index in [4.69, 9.17) is 10.7 Å². The molecule has 0 unspecified atom stereocenters. The molecule has 0 saturated carbocycles. The first kappa shape index (κ1) is 14.4. The molecule has 2 rings (SSSR count). The Kier molecular flexibility index (Phi) is 4.21. The van der Waals surface area contributed by atoms with Gasteiger partial charge in [0.2, 0.25) is 0 Å². The molecule has 0 aliphatic carbocycles. The Morgan fingerprint density at radius 3 is 2.68 bits per heavy atom. The number of hydrogen-bond donors (Lipinski definition) is 1. The molecule has 2 aromatic rings. The Morgan fingerprint density at radius 2 is 2.05 bits per heavy atom. The molecule has 0 spiro atoms. The van der Waals surface area contributed by atoms with Gasteiger partial charge in [0.25, 0.3) is 0 Å². The number of thiazole rings is 1. The van der Waals surface area contributed by atoms with E-state index in [1.807, 2.05) is 12.1 Å². The maximum atomic E-state index is 5.99. The van der Waals surface area contributed by atoms with Gasteiger partial charge in [-0.15, -0.1) is 23.1 Å². The molecule has 0 aliphatic heterocycles. The summed E-state index contributed by atoms with van der Waals surface area (Å²) in [7, 11) is 0. The predicted molar refractivity (Wildman–Crippen MR) is 86.0 cm³/mol. The fraction of sp³-hybridized carbons (Fsp3) is 0.400. The van der Waals surface area contributed by atoms with Crippen molar-refractivity contribution in [3.63, 3.8) is 0 Å². The topological polar surface area (TPSA) is 38.9 Å². The molecule has 0 atom stereocenters. The van der Waals surface area contributed by atoms with Crippen molar-refractivity contribution < 1.29 is 0 Å². The maximum absolute atomic E-state index is 5.99. The van der Waals surface area contributed by atoms with Gasteiger partial charge in [0.15, 0.2) is 0 Å². The number of aromatic nitrogens is 1. The highest BCUT2D eigenvalue weighted by molar-refractivity contribution is 7.98. The van der Waals surface area contributed by atoms with Crippen molar-refractivity contribution in [3.05, 3.63) is 39.8 Å². The molecule has 0 amide bonds. The Bertz CT molecular complexity index is 568. The van der Waals surface area contributed by atoms with Crippen molar-refractivity contribution >= 4 is 28.8 Å². The van der Waals surface area contributed by atoms with Crippen LogP contribution in [0.4, 0.5) is 5.69 Å². The van der Waals surface area contributed by atoms with Crippen LogP contribution < -0.4 is 5.73 Å². The summed E-state index contributed by atoms with van der Waals surface area (Å²) >= 11 is 3.49. The lowest BCUT2D eigenvalue weighted by Gasteiger charge is -2.14. The first-order chi connectivity index (χ1) is 8.86. The van der Waals surface area contributed by atoms with Gasteiger partial charge in [-0.2, -0.15) is 0 Å². The molecule has 0 saturated heterocycles. The second-order valence-corrected chi connectivity index (χ2v) is 7.67. The van der Waals surface area contributed by atoms with Crippen LogP contribution in [-0.4, -0.2) is 4.98 Å². The van der Waals surface area contributed by atoms with Crippen LogP contribution in [0.2, 0.25) is 0 Å². The van der Waals surface area contributed by atoms with E-state index in [9.17, 15) is 0 Å². The van der Waals surface area contributed by atoms with Crippen LogP contribution in [0.15, 0.2) is 28.5 Å². The van der Waals surface area contributed by atoms with E-state index in [0.717, 1.165) is 21.3 Å². The normalized spacial score (nSPS) is 11.8. The van der Waals surface area contributed by atoms with Gasteiger partial charge < -0.3 is 5.73 Å². The van der Waals surface area contributed by atoms with Gasteiger partial charge in [-0.3, -0.25) is 0 Å². The quantitative estimate of drug-likeness (QED) is 0.662. The third-order valence-electron chi connectivity index (χ3n) is 2.84. The number of benzene rings is 1. The molecular formula is C15H20N2S2. The molecule has 19 heavy (non-hydrogen) atoms. The summed E-state index contributed by atoms with van der Waals surface area (Å²) in [6.07, 6.45) is 0. The molecule has 1 heterocycles. The largest absolute Gasteiger partial charge is 0.398 e. The molecule has 0 radical (unpaired) electrons. The first-order valence-corrected chi connectivity index (χ1v) is 8.16. The number of nitrogens with two attached hydrogens (primary N) is 1. The summed E-state index contributed by atoms with van der Waals surface area (Å²) in [5.74, 6) is 0.883. The van der Waals surface area contributed by atoms with Crippen molar-refractivity contribution in [2.45, 2.75) is 43.8 Å². The number of nitrogens with zero attached hydrogens (tertiary/aromatic N) is 1. The maximum Gasteiger partial charge on any atom is 0.103 e. The van der Waals surface area contributed by atoms with Crippen molar-refractivity contribution in [1.29, 1.82) is 0 Å². The summed E-state index contributed by atoms with van der Waals surface area (Å²) in [6, 6.07) is 6.15. The third-order valence-corrected chi connectivity index (χ3v) is 4.95. The average molecular weight is 292 g/mol. The zero-order chi connectivity index (χ0) is 14.0. The van der Waals surface area contributed by atoms with Crippen LogP contribution in [0.3, 0.4) is 0 Å². The van der Waals surface area contributed by atoms with E-state index < -0.39 is 0 Å². The summed E-state index contributed by atoms with van der Waals surface area (Å²) < 4.78 is 0. The van der Waals surface area contributed by atoms with Gasteiger partial charge in [0.1, 0.15) is 5.01 Å². The van der Waals surface area contributed by atoms with Crippen LogP contribution in [0, 0.1) is 6.92 Å². The summed E-state index contributed by atoms with van der Waals surface area (Å²) in [4.78, 5) is 5.85. The number of rotatable bonds is 3. The molecule has 0 aliphatic rings. The van der Waals surface area contributed by atoms with E-state index >= 15 is 0 Å². The fourth-order valence-electron chi connectivity index (χ4n) is 1.63. The summed E-state index contributed by atoms with van der Waals surface area (Å²) in [5, 5.41) is 3.33. The molecule has 0 bridgehead atoms. The summed E-state index contributed by atoms with van der Waals surface area (Å²) in [5.41, 5.74) is 9.38. The van der Waals surface area contributed by atoms with Crippen LogP contribution in [-0.2, 0) is 11.2 Å². The lowest BCUT2D eigenvalue weighted by molar-refractivity contribution is 0.572. The van der Waals surface area contributed by atoms with Crippen molar-refractivity contribution in [2.75, 3.05) is 5.73 Å². The van der Waals surface area contributed by atoms with E-state index in [1.165, 1.54) is 11.3 Å². The SMILES string of the molecule is Cc1ccc(N)c(SCc2nc(C(C)(C)C)cs2)c1. The number of hydrogen-bond acceptors (Lipinski definition) is 4. The predicted octanol–water partition coefficient (Wildman–Crippen LogP) is 4.62. The number of anilines is 1. The average Bonchev–Trinajstić information content (AvgIpc) is 2.79. The van der Waals surface area contributed by atoms with E-state index in [1.54, 1.807) is 23.1 Å². The van der Waals surface area contributed by atoms with E-state index in [2.05, 4.69) is 39.1 Å². The van der Waals surface area contributed by atoms with Gasteiger partial charge in [-0.05, 0) is 24.6 Å². The lowest BCUT2D eigenvalue weighted by atomic mass is 9.93. The van der Waals surface area contributed by atoms with Crippen LogP contribution in [0.1, 0.15) is 37.0 Å². The molecule has 2 N–H and O–H groups in total. The Labute approximate surface area is 123 Å². The number of aryl methyl sites for hydroxylation is 1. The standard InChI is InChI=1S/C15H20N2S2/c1-10-5-6-11(16)12(7-10)18-9-14-17-13(8-19-14)15(2,3)4/h5-8H,9,16H2,1-4H3. The lowest BCUT2D eigenvalue weighted by Crippen LogP contribution is -2.11. The third kappa shape index (κ3) is 3.74. The van der Waals surface area contributed by atoms with Crippen molar-refractivity contribution in [2.24, 2.45) is 0 Å². The molecular weight excluding hydrogens is 272 g/mol. The van der Waals surface area contributed by atoms with Gasteiger partial charge in [0, 0.05) is 21.4 Å². The molecule has 102 valence electrons. The zero-order valence-electron chi connectivity index (χ0n) is 11.9. The molecule has 0 fully saturated rings. The first-order valence-electron chi connectivity index (χ1n) is 6.30. The van der Waals surface area contributed by atoms with E-state index in [0.29, 0.717) is 0 Å². The fourth-order valence-corrected chi connectivity index (χ4v) is 3.73. The molecule has 2 nitrogen and oxygen atoms in total. The molecule has 1 aromatic heterocycles. The van der Waals surface area contributed by atoms with Crippen LogP contribution >= 0.6 is 23.1 Å². The highest BCUT2D eigenvalue weighted by atomic mass is 32.2. The highest BCUT2D eigenvalue weighted by Gasteiger charge is 2.17.